The van der Waals surface area contributed by atoms with E-state index < -0.39 is 6.10 Å². The highest BCUT2D eigenvalue weighted by atomic mass is 16.6. The van der Waals surface area contributed by atoms with E-state index in [1.54, 1.807) is 0 Å². The second-order valence-electron chi connectivity index (χ2n) is 22.7. The highest BCUT2D eigenvalue weighted by molar-refractivity contribution is 5.71. The van der Waals surface area contributed by atoms with Crippen LogP contribution in [0.3, 0.4) is 0 Å². The molecule has 0 saturated carbocycles. The minimum Gasteiger partial charge on any atom is -0.462 e. The molecule has 468 valence electrons. The number of hydrogen-bond donors (Lipinski definition) is 0. The quantitative estimate of drug-likeness (QED) is 0.0261. The third-order valence-corrected chi connectivity index (χ3v) is 14.7. The highest BCUT2D eigenvalue weighted by Gasteiger charge is 2.19. The normalized spacial score (nSPS) is 12.9. The number of ether oxygens (including phenoxy) is 3. The Morgan fingerprint density at radius 2 is 0.476 bits per heavy atom. The number of allylic oxidation sites excluding steroid dienone is 20. The molecule has 0 fully saturated rings. The first-order valence-corrected chi connectivity index (χ1v) is 34.5. The van der Waals surface area contributed by atoms with E-state index in [1.807, 2.05) is 0 Å². The summed E-state index contributed by atoms with van der Waals surface area (Å²) in [6.07, 6.45) is 96.4. The van der Waals surface area contributed by atoms with E-state index in [-0.39, 0.29) is 31.1 Å². The topological polar surface area (TPSA) is 78.9 Å². The maximum atomic E-state index is 12.9. The van der Waals surface area contributed by atoms with E-state index in [9.17, 15) is 14.4 Å². The van der Waals surface area contributed by atoms with Crippen LogP contribution in [0.2, 0.25) is 0 Å². The van der Waals surface area contributed by atoms with Gasteiger partial charge in [0.25, 0.3) is 0 Å². The van der Waals surface area contributed by atoms with Crippen molar-refractivity contribution in [3.63, 3.8) is 0 Å². The van der Waals surface area contributed by atoms with Gasteiger partial charge >= 0.3 is 17.9 Å². The molecule has 0 aromatic carbocycles. The van der Waals surface area contributed by atoms with Crippen molar-refractivity contribution in [2.75, 3.05) is 13.2 Å². The van der Waals surface area contributed by atoms with Crippen LogP contribution in [0.1, 0.15) is 323 Å². The van der Waals surface area contributed by atoms with Gasteiger partial charge in [-0.1, -0.05) is 316 Å². The molecule has 0 radical (unpaired) electrons. The van der Waals surface area contributed by atoms with Gasteiger partial charge in [-0.15, -0.1) is 0 Å². The van der Waals surface area contributed by atoms with Gasteiger partial charge in [0.05, 0.1) is 0 Å². The van der Waals surface area contributed by atoms with Gasteiger partial charge in [-0.2, -0.15) is 0 Å². The van der Waals surface area contributed by atoms with E-state index >= 15 is 0 Å². The third kappa shape index (κ3) is 66.6. The maximum absolute atomic E-state index is 12.9. The lowest BCUT2D eigenvalue weighted by Gasteiger charge is -2.18. The fraction of sp³-hybridized carbons (Fsp3) is 0.697. The van der Waals surface area contributed by atoms with Crippen molar-refractivity contribution in [2.45, 2.75) is 329 Å². The Balaban J connectivity index is 4.35. The predicted octanol–water partition coefficient (Wildman–Crippen LogP) is 23.9. The molecule has 0 amide bonds. The van der Waals surface area contributed by atoms with Crippen LogP contribution in [0.4, 0.5) is 0 Å². The molecule has 6 heteroatoms. The molecular formula is C76H128O6. The van der Waals surface area contributed by atoms with E-state index in [2.05, 4.69) is 142 Å². The van der Waals surface area contributed by atoms with E-state index in [0.29, 0.717) is 19.3 Å². The van der Waals surface area contributed by atoms with Crippen LogP contribution in [0.25, 0.3) is 0 Å². The first kappa shape index (κ1) is 77.8. The zero-order valence-electron chi connectivity index (χ0n) is 53.7. The number of rotatable bonds is 62. The average Bonchev–Trinajstić information content (AvgIpc) is 3.47. The SMILES string of the molecule is CC/C=C\C/C=C\C/C=C\C/C=C\C/C=C\C/C=C\CCCCCCCCCCCCC(=O)OCC(COC(=O)CCCCCCCCCCCCCCCCCC)OC(=O)CCCCCCCC/C=C\C/C=C\C/C=C\C/C=C\CC. The summed E-state index contributed by atoms with van der Waals surface area (Å²) in [7, 11) is 0. The van der Waals surface area contributed by atoms with Gasteiger partial charge < -0.3 is 14.2 Å². The zero-order chi connectivity index (χ0) is 59.2. The van der Waals surface area contributed by atoms with Crippen LogP contribution in [-0.4, -0.2) is 37.2 Å². The van der Waals surface area contributed by atoms with Crippen LogP contribution in [0, 0.1) is 0 Å². The van der Waals surface area contributed by atoms with Crippen molar-refractivity contribution >= 4 is 17.9 Å². The molecule has 0 heterocycles. The third-order valence-electron chi connectivity index (χ3n) is 14.7. The molecule has 0 aromatic heterocycles. The van der Waals surface area contributed by atoms with Crippen LogP contribution >= 0.6 is 0 Å². The first-order chi connectivity index (χ1) is 40.5. The number of unbranched alkanes of at least 4 members (excludes halogenated alkanes) is 31. The summed E-state index contributed by atoms with van der Waals surface area (Å²) < 4.78 is 17.0. The average molecular weight is 1140 g/mol. The Bertz CT molecular complexity index is 1690. The molecule has 0 spiro atoms. The molecule has 0 aliphatic rings. The fourth-order valence-corrected chi connectivity index (χ4v) is 9.62. The molecule has 1 unspecified atom stereocenters. The largest absolute Gasteiger partial charge is 0.462 e. The number of esters is 3. The molecule has 82 heavy (non-hydrogen) atoms. The zero-order valence-corrected chi connectivity index (χ0v) is 53.7. The first-order valence-electron chi connectivity index (χ1n) is 34.5. The Hall–Kier alpha value is -4.19. The fourth-order valence-electron chi connectivity index (χ4n) is 9.62. The van der Waals surface area contributed by atoms with Crippen LogP contribution in [-0.2, 0) is 28.6 Å². The van der Waals surface area contributed by atoms with Crippen molar-refractivity contribution in [3.05, 3.63) is 122 Å². The smallest absolute Gasteiger partial charge is 0.306 e. The molecule has 0 bridgehead atoms. The van der Waals surface area contributed by atoms with Gasteiger partial charge in [-0.25, -0.2) is 0 Å². The summed E-state index contributed by atoms with van der Waals surface area (Å²) in [6, 6.07) is 0. The standard InChI is InChI=1S/C76H128O6/c1-4-7-10-13-16-19-22-25-28-31-33-34-35-36-37-38-39-40-41-42-44-45-48-51-54-57-60-63-66-69-75(78)81-72-73(71-80-74(77)68-65-62-59-56-53-50-47-30-27-24-21-18-15-12-9-6-3)82-76(79)70-67-64-61-58-55-52-49-46-43-32-29-26-23-20-17-14-11-8-5-2/h7-8,10-11,16-17,19-20,25-26,28-29,33-34,36-37,39-40,43,46,73H,4-6,9,12-15,18,21-24,27,30-32,35,38,41-42,44-45,47-72H2,1-3H3/b10-7-,11-8-,19-16-,20-17-,28-25-,29-26-,34-33-,37-36-,40-39-,46-43-. The second kappa shape index (κ2) is 69.3. The monoisotopic (exact) mass is 1140 g/mol. The molecule has 0 aliphatic carbocycles. The minimum atomic E-state index is -0.791. The molecular weight excluding hydrogens is 1010 g/mol. The van der Waals surface area contributed by atoms with Gasteiger partial charge in [-0.3, -0.25) is 14.4 Å². The highest BCUT2D eigenvalue weighted by Crippen LogP contribution is 2.17. The van der Waals surface area contributed by atoms with E-state index in [1.165, 1.54) is 148 Å². The van der Waals surface area contributed by atoms with Crippen molar-refractivity contribution in [1.82, 2.24) is 0 Å². The van der Waals surface area contributed by atoms with Gasteiger partial charge in [0.1, 0.15) is 13.2 Å². The molecule has 0 aliphatic heterocycles. The lowest BCUT2D eigenvalue weighted by Crippen LogP contribution is -2.30. The van der Waals surface area contributed by atoms with Gasteiger partial charge in [0.15, 0.2) is 6.10 Å². The Morgan fingerprint density at radius 1 is 0.256 bits per heavy atom. The van der Waals surface area contributed by atoms with Crippen LogP contribution in [0.5, 0.6) is 0 Å². The molecule has 0 rings (SSSR count). The van der Waals surface area contributed by atoms with Crippen LogP contribution in [0.15, 0.2) is 122 Å². The summed E-state index contributed by atoms with van der Waals surface area (Å²) in [4.78, 5) is 38.4. The molecule has 1 atom stereocenters. The maximum Gasteiger partial charge on any atom is 0.306 e. The summed E-state index contributed by atoms with van der Waals surface area (Å²) in [5, 5.41) is 0. The lowest BCUT2D eigenvalue weighted by atomic mass is 10.0. The number of hydrogen-bond acceptors (Lipinski definition) is 6. The summed E-state index contributed by atoms with van der Waals surface area (Å²) in [6.45, 7) is 6.43. The molecule has 0 saturated heterocycles. The number of carbonyl (C=O) groups excluding carboxylic acids is 3. The summed E-state index contributed by atoms with van der Waals surface area (Å²) >= 11 is 0. The second-order valence-corrected chi connectivity index (χ2v) is 22.7. The Kier molecular flexibility index (Phi) is 65.8. The van der Waals surface area contributed by atoms with Gasteiger partial charge in [0.2, 0.25) is 0 Å². The van der Waals surface area contributed by atoms with Crippen molar-refractivity contribution < 1.29 is 28.6 Å². The van der Waals surface area contributed by atoms with Gasteiger partial charge in [-0.05, 0) is 109 Å². The lowest BCUT2D eigenvalue weighted by molar-refractivity contribution is -0.167. The van der Waals surface area contributed by atoms with Crippen molar-refractivity contribution in [1.29, 1.82) is 0 Å². The Labute approximate surface area is 507 Å². The minimum absolute atomic E-state index is 0.0839. The van der Waals surface area contributed by atoms with Crippen molar-refractivity contribution in [2.24, 2.45) is 0 Å². The summed E-state index contributed by atoms with van der Waals surface area (Å²) in [5.74, 6) is -0.890. The predicted molar refractivity (Wildman–Crippen MR) is 357 cm³/mol. The molecule has 6 nitrogen and oxygen atoms in total. The molecule has 0 N–H and O–H groups in total. The van der Waals surface area contributed by atoms with E-state index in [4.69, 9.17) is 14.2 Å². The van der Waals surface area contributed by atoms with Gasteiger partial charge in [0, 0.05) is 19.3 Å². The Morgan fingerprint density at radius 3 is 0.744 bits per heavy atom. The number of carbonyl (C=O) groups is 3. The van der Waals surface area contributed by atoms with Crippen LogP contribution < -0.4 is 0 Å². The van der Waals surface area contributed by atoms with Crippen molar-refractivity contribution in [3.8, 4) is 0 Å². The molecule has 0 aromatic rings. The summed E-state index contributed by atoms with van der Waals surface area (Å²) in [5.41, 5.74) is 0. The van der Waals surface area contributed by atoms with E-state index in [0.717, 1.165) is 135 Å².